The van der Waals surface area contributed by atoms with Crippen molar-refractivity contribution < 1.29 is 4.74 Å². The second-order valence-corrected chi connectivity index (χ2v) is 4.80. The summed E-state index contributed by atoms with van der Waals surface area (Å²) in [5.41, 5.74) is 6.48. The van der Waals surface area contributed by atoms with E-state index in [2.05, 4.69) is 19.1 Å². The Bertz CT molecular complexity index is 464. The molecule has 2 N–H and O–H groups in total. The molecular weight excluding hydrogens is 218 g/mol. The normalized spacial score (nSPS) is 10.3. The second-order valence-electron chi connectivity index (χ2n) is 3.55. The number of hydrogen-bond acceptors (Lipinski definition) is 3. The number of para-hydroxylation sites is 2. The first-order valence-electron chi connectivity index (χ1n) is 5.34. The molecule has 2 aromatic rings. The lowest BCUT2D eigenvalue weighted by Crippen LogP contribution is -1.96. The molecule has 0 amide bonds. The maximum Gasteiger partial charge on any atom is 0.142 e. The molecule has 0 aliphatic carbocycles. The highest BCUT2D eigenvalue weighted by Gasteiger charge is 2.01. The molecule has 1 heterocycles. The third-order valence-corrected chi connectivity index (χ3v) is 3.56. The molecule has 2 nitrogen and oxygen atoms in total. The van der Waals surface area contributed by atoms with Gasteiger partial charge < -0.3 is 10.5 Å². The maximum atomic E-state index is 5.79. The Morgan fingerprint density at radius 1 is 1.12 bits per heavy atom. The van der Waals surface area contributed by atoms with E-state index in [4.69, 9.17) is 10.5 Å². The molecule has 0 atom stereocenters. The van der Waals surface area contributed by atoms with Gasteiger partial charge in [0, 0.05) is 9.75 Å². The summed E-state index contributed by atoms with van der Waals surface area (Å²) >= 11 is 1.79. The van der Waals surface area contributed by atoms with Gasteiger partial charge in [-0.25, -0.2) is 0 Å². The molecule has 2 rings (SSSR count). The predicted molar refractivity (Wildman–Crippen MR) is 68.9 cm³/mol. The van der Waals surface area contributed by atoms with Crippen molar-refractivity contribution in [3.05, 3.63) is 46.2 Å². The quantitative estimate of drug-likeness (QED) is 0.821. The summed E-state index contributed by atoms with van der Waals surface area (Å²) in [5.74, 6) is 0.758. The van der Waals surface area contributed by atoms with Gasteiger partial charge in [-0.3, -0.25) is 0 Å². The minimum atomic E-state index is 0.596. The predicted octanol–water partition coefficient (Wildman–Crippen LogP) is 3.47. The van der Waals surface area contributed by atoms with Crippen molar-refractivity contribution >= 4 is 17.0 Å². The maximum absolute atomic E-state index is 5.79. The molecule has 84 valence electrons. The van der Waals surface area contributed by atoms with E-state index in [1.807, 2.05) is 24.3 Å². The first kappa shape index (κ1) is 11.0. The van der Waals surface area contributed by atoms with Gasteiger partial charge in [0.05, 0.1) is 5.69 Å². The van der Waals surface area contributed by atoms with Crippen molar-refractivity contribution in [3.63, 3.8) is 0 Å². The number of anilines is 1. The molecule has 0 bridgehead atoms. The zero-order valence-electron chi connectivity index (χ0n) is 9.27. The molecule has 0 radical (unpaired) electrons. The SMILES string of the molecule is CCc1ccc(COc2ccccc2N)s1. The summed E-state index contributed by atoms with van der Waals surface area (Å²) in [5, 5.41) is 0. The number of aryl methyl sites for hydroxylation is 1. The van der Waals surface area contributed by atoms with Gasteiger partial charge in [0.25, 0.3) is 0 Å². The number of ether oxygens (including phenoxy) is 1. The Morgan fingerprint density at radius 3 is 2.56 bits per heavy atom. The molecule has 0 saturated heterocycles. The summed E-state index contributed by atoms with van der Waals surface area (Å²) in [4.78, 5) is 2.62. The van der Waals surface area contributed by atoms with E-state index in [1.54, 1.807) is 11.3 Å². The topological polar surface area (TPSA) is 35.2 Å². The second kappa shape index (κ2) is 5.03. The van der Waals surface area contributed by atoms with E-state index >= 15 is 0 Å². The monoisotopic (exact) mass is 233 g/mol. The van der Waals surface area contributed by atoms with Gasteiger partial charge in [0.1, 0.15) is 12.4 Å². The van der Waals surface area contributed by atoms with Crippen LogP contribution in [0.5, 0.6) is 5.75 Å². The average molecular weight is 233 g/mol. The molecule has 16 heavy (non-hydrogen) atoms. The fourth-order valence-corrected chi connectivity index (χ4v) is 2.32. The van der Waals surface area contributed by atoms with E-state index in [1.165, 1.54) is 9.75 Å². The first-order chi connectivity index (χ1) is 7.79. The lowest BCUT2D eigenvalue weighted by atomic mass is 10.3. The van der Waals surface area contributed by atoms with Crippen LogP contribution in [0.15, 0.2) is 36.4 Å². The highest BCUT2D eigenvalue weighted by atomic mass is 32.1. The largest absolute Gasteiger partial charge is 0.486 e. The number of rotatable bonds is 4. The van der Waals surface area contributed by atoms with Crippen LogP contribution in [0.25, 0.3) is 0 Å². The van der Waals surface area contributed by atoms with Crippen LogP contribution in [0.4, 0.5) is 5.69 Å². The fraction of sp³-hybridized carbons (Fsp3) is 0.231. The number of benzene rings is 1. The van der Waals surface area contributed by atoms with Crippen LogP contribution in [-0.2, 0) is 13.0 Å². The van der Waals surface area contributed by atoms with Crippen LogP contribution in [-0.4, -0.2) is 0 Å². The van der Waals surface area contributed by atoms with Crippen molar-refractivity contribution in [1.82, 2.24) is 0 Å². The van der Waals surface area contributed by atoms with Crippen molar-refractivity contribution in [1.29, 1.82) is 0 Å². The van der Waals surface area contributed by atoms with E-state index < -0.39 is 0 Å². The van der Waals surface area contributed by atoms with E-state index in [0.29, 0.717) is 12.3 Å². The summed E-state index contributed by atoms with van der Waals surface area (Å²) in [6.45, 7) is 2.75. The molecule has 0 saturated carbocycles. The third kappa shape index (κ3) is 2.55. The van der Waals surface area contributed by atoms with Crippen molar-refractivity contribution in [2.24, 2.45) is 0 Å². The van der Waals surface area contributed by atoms with Crippen molar-refractivity contribution in [3.8, 4) is 5.75 Å². The van der Waals surface area contributed by atoms with E-state index in [-0.39, 0.29) is 0 Å². The Kier molecular flexibility index (Phi) is 3.47. The molecule has 0 fully saturated rings. The van der Waals surface area contributed by atoms with E-state index in [9.17, 15) is 0 Å². The van der Waals surface area contributed by atoms with Gasteiger partial charge >= 0.3 is 0 Å². The summed E-state index contributed by atoms with van der Waals surface area (Å²) in [7, 11) is 0. The zero-order chi connectivity index (χ0) is 11.4. The lowest BCUT2D eigenvalue weighted by Gasteiger charge is -2.06. The summed E-state index contributed by atoms with van der Waals surface area (Å²) in [6.07, 6.45) is 1.08. The fourth-order valence-electron chi connectivity index (χ4n) is 1.45. The lowest BCUT2D eigenvalue weighted by molar-refractivity contribution is 0.311. The third-order valence-electron chi connectivity index (χ3n) is 2.35. The number of nitrogen functional groups attached to an aromatic ring is 1. The molecule has 1 aromatic carbocycles. The van der Waals surface area contributed by atoms with Gasteiger partial charge in [-0.2, -0.15) is 0 Å². The number of nitrogens with two attached hydrogens (primary N) is 1. The number of hydrogen-bond donors (Lipinski definition) is 1. The highest BCUT2D eigenvalue weighted by molar-refractivity contribution is 7.11. The molecule has 0 aliphatic heterocycles. The minimum Gasteiger partial charge on any atom is -0.486 e. The van der Waals surface area contributed by atoms with Crippen LogP contribution < -0.4 is 10.5 Å². The molecule has 0 aliphatic rings. The minimum absolute atomic E-state index is 0.596. The van der Waals surface area contributed by atoms with Gasteiger partial charge in [0.15, 0.2) is 0 Å². The van der Waals surface area contributed by atoms with E-state index in [0.717, 1.165) is 12.2 Å². The van der Waals surface area contributed by atoms with Gasteiger partial charge in [-0.05, 0) is 30.7 Å². The Labute approximate surface area is 99.7 Å². The van der Waals surface area contributed by atoms with Crippen molar-refractivity contribution in [2.45, 2.75) is 20.0 Å². The summed E-state index contributed by atoms with van der Waals surface area (Å²) < 4.78 is 5.67. The molecule has 0 unspecified atom stereocenters. The summed E-state index contributed by atoms with van der Waals surface area (Å²) in [6, 6.07) is 11.8. The van der Waals surface area contributed by atoms with Crippen LogP contribution >= 0.6 is 11.3 Å². The van der Waals surface area contributed by atoms with Gasteiger partial charge in [0.2, 0.25) is 0 Å². The Morgan fingerprint density at radius 2 is 1.88 bits per heavy atom. The van der Waals surface area contributed by atoms with Crippen LogP contribution in [0.3, 0.4) is 0 Å². The van der Waals surface area contributed by atoms with Gasteiger partial charge in [-0.1, -0.05) is 19.1 Å². The van der Waals surface area contributed by atoms with Gasteiger partial charge in [-0.15, -0.1) is 11.3 Å². The molecule has 1 aromatic heterocycles. The molecule has 0 spiro atoms. The molecular formula is C13H15NOS. The highest BCUT2D eigenvalue weighted by Crippen LogP contribution is 2.23. The van der Waals surface area contributed by atoms with Crippen LogP contribution in [0, 0.1) is 0 Å². The smallest absolute Gasteiger partial charge is 0.142 e. The Balaban J connectivity index is 1.99. The van der Waals surface area contributed by atoms with Crippen LogP contribution in [0.2, 0.25) is 0 Å². The standard InChI is InChI=1S/C13H15NOS/c1-2-10-7-8-11(16-10)9-15-13-6-4-3-5-12(13)14/h3-8H,2,9,14H2,1H3. The Hall–Kier alpha value is -1.48. The molecule has 3 heteroatoms. The zero-order valence-corrected chi connectivity index (χ0v) is 10.1. The average Bonchev–Trinajstić information content (AvgIpc) is 2.76. The van der Waals surface area contributed by atoms with Crippen molar-refractivity contribution in [2.75, 3.05) is 5.73 Å². The number of thiophene rings is 1. The first-order valence-corrected chi connectivity index (χ1v) is 6.16. The van der Waals surface area contributed by atoms with Crippen LogP contribution in [0.1, 0.15) is 16.7 Å².